The minimum absolute atomic E-state index is 0.0668. The van der Waals surface area contributed by atoms with E-state index in [-0.39, 0.29) is 5.92 Å². The van der Waals surface area contributed by atoms with E-state index in [1.807, 2.05) is 0 Å². The van der Waals surface area contributed by atoms with Gasteiger partial charge in [0.2, 0.25) is 0 Å². The minimum Gasteiger partial charge on any atom is -0.384 e. The van der Waals surface area contributed by atoms with E-state index >= 15 is 0 Å². The van der Waals surface area contributed by atoms with Crippen molar-refractivity contribution in [2.75, 3.05) is 11.9 Å². The Morgan fingerprint density at radius 1 is 1.36 bits per heavy atom. The lowest BCUT2D eigenvalue weighted by molar-refractivity contribution is -0.138. The Morgan fingerprint density at radius 3 is 2.71 bits per heavy atom. The summed E-state index contributed by atoms with van der Waals surface area (Å²) in [6, 6.07) is 4.27. The van der Waals surface area contributed by atoms with Gasteiger partial charge in [-0.3, -0.25) is 0 Å². The number of rotatable bonds is 0. The molecule has 1 aromatic carbocycles. The first kappa shape index (κ1) is 9.37. The molecule has 0 fully saturated rings. The summed E-state index contributed by atoms with van der Waals surface area (Å²) in [6.07, 6.45) is -4.24. The van der Waals surface area contributed by atoms with E-state index in [1.54, 1.807) is 13.0 Å². The van der Waals surface area contributed by atoms with Crippen molar-refractivity contribution in [1.29, 1.82) is 0 Å². The van der Waals surface area contributed by atoms with E-state index < -0.39 is 11.7 Å². The molecule has 0 radical (unpaired) electrons. The van der Waals surface area contributed by atoms with Crippen LogP contribution >= 0.6 is 0 Å². The van der Waals surface area contributed by atoms with Crippen molar-refractivity contribution < 1.29 is 13.2 Å². The topological polar surface area (TPSA) is 12.0 Å². The molecule has 0 aliphatic carbocycles. The normalized spacial score (nSPS) is 20.4. The maximum atomic E-state index is 12.6. The van der Waals surface area contributed by atoms with Gasteiger partial charge in [0, 0.05) is 18.2 Å². The predicted molar refractivity (Wildman–Crippen MR) is 48.3 cm³/mol. The third-order valence-corrected chi connectivity index (χ3v) is 2.50. The molecule has 1 aromatic rings. The number of benzene rings is 1. The molecular weight excluding hydrogens is 191 g/mol. The van der Waals surface area contributed by atoms with Crippen LogP contribution in [0, 0.1) is 0 Å². The lowest BCUT2D eigenvalue weighted by Crippen LogP contribution is -2.09. The molecule has 1 N–H and O–H groups in total. The van der Waals surface area contributed by atoms with Crippen LogP contribution < -0.4 is 5.32 Å². The van der Waals surface area contributed by atoms with Crippen molar-refractivity contribution in [3.8, 4) is 0 Å². The monoisotopic (exact) mass is 201 g/mol. The highest BCUT2D eigenvalue weighted by atomic mass is 19.4. The minimum atomic E-state index is -4.24. The van der Waals surface area contributed by atoms with E-state index in [2.05, 4.69) is 5.32 Å². The Hall–Kier alpha value is -1.19. The summed E-state index contributed by atoms with van der Waals surface area (Å²) in [5.41, 5.74) is 0.514. The second-order valence-corrected chi connectivity index (χ2v) is 3.55. The summed E-state index contributed by atoms with van der Waals surface area (Å²) in [4.78, 5) is 0. The highest BCUT2D eigenvalue weighted by molar-refractivity contribution is 5.61. The standard InChI is InChI=1S/C10H10F3N/c1-6-5-14-8-4-2-3-7(9(6)8)10(11,12)13/h2-4,6,14H,5H2,1H3. The Labute approximate surface area is 79.9 Å². The highest BCUT2D eigenvalue weighted by Crippen LogP contribution is 2.41. The third kappa shape index (κ3) is 1.35. The molecule has 0 spiro atoms. The molecular formula is C10H10F3N. The molecule has 1 aliphatic rings. The first-order chi connectivity index (χ1) is 6.50. The summed E-state index contributed by atoms with van der Waals surface area (Å²) >= 11 is 0. The van der Waals surface area contributed by atoms with Crippen LogP contribution in [0.3, 0.4) is 0 Å². The first-order valence-corrected chi connectivity index (χ1v) is 4.44. The van der Waals surface area contributed by atoms with Gasteiger partial charge in [-0.1, -0.05) is 13.0 Å². The zero-order valence-corrected chi connectivity index (χ0v) is 7.65. The number of anilines is 1. The Kier molecular flexibility index (Phi) is 1.94. The predicted octanol–water partition coefficient (Wildman–Crippen LogP) is 3.23. The van der Waals surface area contributed by atoms with Gasteiger partial charge < -0.3 is 5.32 Å². The Morgan fingerprint density at radius 2 is 2.07 bits per heavy atom. The number of alkyl halides is 3. The average molecular weight is 201 g/mol. The van der Waals surface area contributed by atoms with Crippen LogP contribution in [0.25, 0.3) is 0 Å². The van der Waals surface area contributed by atoms with E-state index in [1.165, 1.54) is 6.07 Å². The van der Waals surface area contributed by atoms with E-state index in [0.29, 0.717) is 17.8 Å². The number of nitrogens with one attached hydrogen (secondary N) is 1. The summed E-state index contributed by atoms with van der Waals surface area (Å²) in [7, 11) is 0. The van der Waals surface area contributed by atoms with Crippen molar-refractivity contribution in [3.05, 3.63) is 29.3 Å². The molecule has 1 heterocycles. The summed E-state index contributed by atoms with van der Waals surface area (Å²) < 4.78 is 37.8. The van der Waals surface area contributed by atoms with Crippen LogP contribution in [0.1, 0.15) is 24.0 Å². The van der Waals surface area contributed by atoms with E-state index in [4.69, 9.17) is 0 Å². The van der Waals surface area contributed by atoms with Crippen molar-refractivity contribution >= 4 is 5.69 Å². The second-order valence-electron chi connectivity index (χ2n) is 3.55. The molecule has 1 nitrogen and oxygen atoms in total. The lowest BCUT2D eigenvalue weighted by atomic mass is 9.97. The van der Waals surface area contributed by atoms with Gasteiger partial charge in [0.05, 0.1) is 5.56 Å². The van der Waals surface area contributed by atoms with Gasteiger partial charge in [0.25, 0.3) is 0 Å². The van der Waals surface area contributed by atoms with Gasteiger partial charge in [-0.05, 0) is 17.7 Å². The van der Waals surface area contributed by atoms with E-state index in [0.717, 1.165) is 6.07 Å². The molecule has 76 valence electrons. The maximum Gasteiger partial charge on any atom is 0.416 e. The van der Waals surface area contributed by atoms with Crippen LogP contribution in [0.4, 0.5) is 18.9 Å². The van der Waals surface area contributed by atoms with E-state index in [9.17, 15) is 13.2 Å². The number of halogens is 3. The zero-order chi connectivity index (χ0) is 10.3. The van der Waals surface area contributed by atoms with Crippen molar-refractivity contribution in [1.82, 2.24) is 0 Å². The lowest BCUT2D eigenvalue weighted by Gasteiger charge is -2.13. The molecule has 14 heavy (non-hydrogen) atoms. The third-order valence-electron chi connectivity index (χ3n) is 2.50. The highest BCUT2D eigenvalue weighted by Gasteiger charge is 2.37. The number of fused-ring (bicyclic) bond motifs is 1. The maximum absolute atomic E-state index is 12.6. The van der Waals surface area contributed by atoms with Crippen LogP contribution in [0.5, 0.6) is 0 Å². The van der Waals surface area contributed by atoms with Gasteiger partial charge in [0.1, 0.15) is 0 Å². The fourth-order valence-electron chi connectivity index (χ4n) is 1.86. The number of hydrogen-bond donors (Lipinski definition) is 1. The molecule has 0 amide bonds. The van der Waals surface area contributed by atoms with Crippen molar-refractivity contribution in [3.63, 3.8) is 0 Å². The Bertz CT molecular complexity index is 357. The van der Waals surface area contributed by atoms with Crippen LogP contribution in [-0.4, -0.2) is 6.54 Å². The van der Waals surface area contributed by atoms with Crippen molar-refractivity contribution in [2.24, 2.45) is 0 Å². The quantitative estimate of drug-likeness (QED) is 0.679. The van der Waals surface area contributed by atoms with Gasteiger partial charge in [-0.25, -0.2) is 0 Å². The van der Waals surface area contributed by atoms with Crippen LogP contribution in [0.15, 0.2) is 18.2 Å². The molecule has 2 rings (SSSR count). The fourth-order valence-corrected chi connectivity index (χ4v) is 1.86. The number of hydrogen-bond acceptors (Lipinski definition) is 1. The molecule has 0 aromatic heterocycles. The zero-order valence-electron chi connectivity index (χ0n) is 7.65. The first-order valence-electron chi connectivity index (χ1n) is 4.44. The van der Waals surface area contributed by atoms with Crippen LogP contribution in [-0.2, 0) is 6.18 Å². The van der Waals surface area contributed by atoms with Gasteiger partial charge >= 0.3 is 6.18 Å². The molecule has 4 heteroatoms. The van der Waals surface area contributed by atoms with Crippen LogP contribution in [0.2, 0.25) is 0 Å². The smallest absolute Gasteiger partial charge is 0.384 e. The summed E-state index contributed by atoms with van der Waals surface area (Å²) in [5.74, 6) is -0.0668. The molecule has 0 bridgehead atoms. The fraction of sp³-hybridized carbons (Fsp3) is 0.400. The summed E-state index contributed by atoms with van der Waals surface area (Å²) in [6.45, 7) is 2.39. The Balaban J connectivity index is 2.58. The SMILES string of the molecule is CC1CNc2cccc(C(F)(F)F)c21. The molecule has 0 saturated carbocycles. The summed E-state index contributed by atoms with van der Waals surface area (Å²) in [5, 5.41) is 2.96. The second kappa shape index (κ2) is 2.90. The average Bonchev–Trinajstić information content (AvgIpc) is 2.46. The molecule has 0 saturated heterocycles. The van der Waals surface area contributed by atoms with Gasteiger partial charge in [0.15, 0.2) is 0 Å². The molecule has 1 unspecified atom stereocenters. The largest absolute Gasteiger partial charge is 0.416 e. The molecule has 1 atom stereocenters. The van der Waals surface area contributed by atoms with Crippen molar-refractivity contribution in [2.45, 2.75) is 19.0 Å². The van der Waals surface area contributed by atoms with Gasteiger partial charge in [-0.15, -0.1) is 0 Å². The molecule has 1 aliphatic heterocycles. The van der Waals surface area contributed by atoms with Gasteiger partial charge in [-0.2, -0.15) is 13.2 Å².